The van der Waals surface area contributed by atoms with Crippen molar-refractivity contribution in [3.8, 4) is 40.5 Å². The van der Waals surface area contributed by atoms with Gasteiger partial charge >= 0.3 is 11.9 Å². The molecule has 2 saturated heterocycles. The van der Waals surface area contributed by atoms with Gasteiger partial charge in [-0.15, -0.1) is 24.8 Å². The molecule has 0 bridgehead atoms. The fourth-order valence-corrected chi connectivity index (χ4v) is 7.58. The molecule has 2 fully saturated rings. The Labute approximate surface area is 385 Å². The molecule has 0 saturated carbocycles. The fourth-order valence-electron chi connectivity index (χ4n) is 6.58. The van der Waals surface area contributed by atoms with Crippen LogP contribution in [0.15, 0.2) is 64.2 Å². The number of nitrogens with two attached hydrogens (primary N) is 1. The maximum Gasteiger partial charge on any atom is 0.328 e. The van der Waals surface area contributed by atoms with Gasteiger partial charge in [0.15, 0.2) is 6.10 Å². The normalized spacial score (nSPS) is 16.7. The summed E-state index contributed by atoms with van der Waals surface area (Å²) in [6.45, 7) is 3.70. The number of benzene rings is 2. The van der Waals surface area contributed by atoms with Gasteiger partial charge < -0.3 is 45.6 Å². The summed E-state index contributed by atoms with van der Waals surface area (Å²) >= 11 is 7.21. The van der Waals surface area contributed by atoms with Gasteiger partial charge in [0, 0.05) is 21.9 Å². The molecule has 334 valence electrons. The minimum absolute atomic E-state index is 0. The molecule has 17 nitrogen and oxygen atoms in total. The molecule has 0 radical (unpaired) electrons. The third-order valence-corrected chi connectivity index (χ3v) is 11.1. The summed E-state index contributed by atoms with van der Waals surface area (Å²) in [6.07, 6.45) is 3.38. The predicted molar refractivity (Wildman–Crippen MR) is 238 cm³/mol. The van der Waals surface area contributed by atoms with Crippen LogP contribution < -0.4 is 31.7 Å². The van der Waals surface area contributed by atoms with E-state index in [1.807, 2.05) is 0 Å². The highest BCUT2D eigenvalue weighted by molar-refractivity contribution is 7.98. The molecule has 0 aliphatic carbocycles. The number of rotatable bonds is 17. The van der Waals surface area contributed by atoms with Crippen LogP contribution in [-0.2, 0) is 34.4 Å². The lowest BCUT2D eigenvalue weighted by Crippen LogP contribution is -2.49. The molecule has 5 atom stereocenters. The van der Waals surface area contributed by atoms with Crippen LogP contribution in [0.1, 0.15) is 56.4 Å². The van der Waals surface area contributed by atoms with Gasteiger partial charge in [0.05, 0.1) is 23.3 Å². The largest absolute Gasteiger partial charge is 0.490 e. The van der Waals surface area contributed by atoms with Crippen LogP contribution in [0.3, 0.4) is 0 Å². The van der Waals surface area contributed by atoms with Crippen molar-refractivity contribution < 1.29 is 37.8 Å². The quantitative estimate of drug-likeness (QED) is 0.0699. The molecule has 6 N–H and O–H groups in total. The average molecular weight is 943 g/mol. The number of esters is 2. The van der Waals surface area contributed by atoms with E-state index >= 15 is 0 Å². The lowest BCUT2D eigenvalue weighted by molar-refractivity contribution is -0.163. The number of halogens is 3. The Morgan fingerprint density at radius 1 is 0.873 bits per heavy atom. The zero-order chi connectivity index (χ0) is 43.5. The van der Waals surface area contributed by atoms with Crippen molar-refractivity contribution >= 4 is 77.7 Å². The zero-order valence-electron chi connectivity index (χ0n) is 34.2. The number of carbonyl (C=O) groups excluding carboxylic acids is 4. The van der Waals surface area contributed by atoms with Gasteiger partial charge in [-0.05, 0) is 94.6 Å². The minimum Gasteiger partial charge on any atom is -0.490 e. The number of nitrogens with one attached hydrogen (secondary N) is 4. The Morgan fingerprint density at radius 3 is 2.03 bits per heavy atom. The predicted octanol–water partition coefficient (Wildman–Crippen LogP) is 4.87. The monoisotopic (exact) mass is 941 g/mol. The van der Waals surface area contributed by atoms with Crippen LogP contribution in [0.4, 0.5) is 5.82 Å². The molecule has 6 rings (SSSR count). The van der Waals surface area contributed by atoms with Gasteiger partial charge in [-0.1, -0.05) is 35.5 Å². The first-order chi connectivity index (χ1) is 29.4. The summed E-state index contributed by atoms with van der Waals surface area (Å²) in [4.78, 5) is 60.2. The van der Waals surface area contributed by atoms with Gasteiger partial charge in [0.2, 0.25) is 17.7 Å². The topological polar surface area (TPSA) is 257 Å². The molecule has 2 amide bonds. The highest BCUT2D eigenvalue weighted by Gasteiger charge is 2.30. The molecule has 2 aromatic heterocycles. The van der Waals surface area contributed by atoms with Crippen LogP contribution in [0.2, 0.25) is 5.02 Å². The Bertz CT molecular complexity index is 2310. The molecule has 21 heteroatoms. The van der Waals surface area contributed by atoms with Crippen LogP contribution in [0.25, 0.3) is 22.6 Å². The molecule has 0 spiro atoms. The number of ether oxygens (including phenoxy) is 3. The third kappa shape index (κ3) is 13.2. The van der Waals surface area contributed by atoms with E-state index in [0.29, 0.717) is 58.9 Å². The Morgan fingerprint density at radius 2 is 1.46 bits per heavy atom. The van der Waals surface area contributed by atoms with E-state index in [0.717, 1.165) is 18.4 Å². The molecule has 2 aromatic carbocycles. The van der Waals surface area contributed by atoms with Crippen LogP contribution in [0, 0.1) is 22.7 Å². The first-order valence-electron chi connectivity index (χ1n) is 19.6. The SMILES string of the molecule is CC(NC(=O)[C@@H]1CCCN1)C(=O)O[C@H](COC(=O)[C@H](C)NC(=O)[C@@H]1CCCN1)COc1ccc(-c2c(C#N)c(N)nc(SCc3coc(-c4ccc(Cl)cc4)n3)c2C#N)cc1.Cl.Cl. The van der Waals surface area contributed by atoms with Crippen LogP contribution in [-0.4, -0.2) is 90.3 Å². The Hall–Kier alpha value is -5.60. The number of nitrogens with zero attached hydrogens (tertiary/aromatic N) is 4. The molecular formula is C42H46Cl3N9O8S. The third-order valence-electron chi connectivity index (χ3n) is 9.87. The number of pyridine rings is 1. The van der Waals surface area contributed by atoms with Gasteiger partial charge in [-0.3, -0.25) is 9.59 Å². The zero-order valence-corrected chi connectivity index (χ0v) is 37.4. The molecule has 1 unspecified atom stereocenters. The molecule has 63 heavy (non-hydrogen) atoms. The van der Waals surface area contributed by atoms with E-state index in [1.165, 1.54) is 31.9 Å². The van der Waals surface area contributed by atoms with Crippen molar-refractivity contribution in [3.05, 3.63) is 76.6 Å². The Kier molecular flexibility index (Phi) is 18.9. The standard InChI is InChI=1S/C42H44ClN9O8S.2ClH/c1-23(49-37(53)33-5-3-15-47-33)41(55)59-21-30(60-42(56)24(2)50-38(54)34-6-4-16-48-34)20-57-29-13-9-25(10-14-29)35-31(17-44)36(46)52-40(32(35)18-45)61-22-28-19-58-39(51-28)26-7-11-27(43)12-8-26;;/h7-14,19,23-24,30,33-34,47-48H,3-6,15-16,20-22H2,1-2H3,(H2,46,52)(H,49,53)(H,50,54);2*1H/t23-,24?,30-,33-,34-;;/m0../s1. The number of anilines is 1. The van der Waals surface area contributed by atoms with Gasteiger partial charge in [0.25, 0.3) is 0 Å². The summed E-state index contributed by atoms with van der Waals surface area (Å²) < 4.78 is 22.8. The second kappa shape index (κ2) is 23.7. The van der Waals surface area contributed by atoms with Crippen molar-refractivity contribution in [1.82, 2.24) is 31.2 Å². The van der Waals surface area contributed by atoms with Crippen molar-refractivity contribution in [1.29, 1.82) is 10.5 Å². The summed E-state index contributed by atoms with van der Waals surface area (Å²) in [7, 11) is 0. The lowest BCUT2D eigenvalue weighted by Gasteiger charge is -2.23. The number of amides is 2. The molecule has 2 aliphatic rings. The van der Waals surface area contributed by atoms with E-state index in [4.69, 9.17) is 36.0 Å². The van der Waals surface area contributed by atoms with Crippen LogP contribution in [0.5, 0.6) is 5.75 Å². The van der Waals surface area contributed by atoms with Gasteiger partial charge in [-0.2, -0.15) is 10.5 Å². The summed E-state index contributed by atoms with van der Waals surface area (Å²) in [5, 5.41) is 32.7. The molecular weight excluding hydrogens is 897 g/mol. The number of hydrogen-bond acceptors (Lipinski definition) is 16. The maximum absolute atomic E-state index is 13.2. The first-order valence-corrected chi connectivity index (χ1v) is 20.9. The maximum atomic E-state index is 13.2. The number of nitrogen functional groups attached to an aromatic ring is 1. The number of hydrogen-bond donors (Lipinski definition) is 5. The van der Waals surface area contributed by atoms with Crippen molar-refractivity contribution in [2.24, 2.45) is 0 Å². The van der Waals surface area contributed by atoms with Gasteiger partial charge in [-0.25, -0.2) is 19.6 Å². The highest BCUT2D eigenvalue weighted by Crippen LogP contribution is 2.37. The van der Waals surface area contributed by atoms with Crippen LogP contribution >= 0.6 is 48.2 Å². The highest BCUT2D eigenvalue weighted by atomic mass is 35.5. The number of aromatic nitrogens is 2. The Balaban J connectivity index is 0.00000436. The molecule has 4 aromatic rings. The van der Waals surface area contributed by atoms with E-state index in [9.17, 15) is 29.7 Å². The van der Waals surface area contributed by atoms with Crippen molar-refractivity contribution in [3.63, 3.8) is 0 Å². The van der Waals surface area contributed by atoms with E-state index in [1.54, 1.807) is 48.5 Å². The number of thioether (sulfide) groups is 1. The van der Waals surface area contributed by atoms with Crippen molar-refractivity contribution in [2.45, 2.75) is 80.6 Å². The molecule has 4 heterocycles. The minimum atomic E-state index is -1.12. The summed E-state index contributed by atoms with van der Waals surface area (Å²) in [5.41, 5.74) is 8.49. The summed E-state index contributed by atoms with van der Waals surface area (Å²) in [5.74, 6) is -1.24. The smallest absolute Gasteiger partial charge is 0.328 e. The van der Waals surface area contributed by atoms with Crippen molar-refractivity contribution in [2.75, 3.05) is 32.0 Å². The van der Waals surface area contributed by atoms with E-state index in [-0.39, 0.29) is 71.5 Å². The van der Waals surface area contributed by atoms with Gasteiger partial charge in [0.1, 0.15) is 65.9 Å². The summed E-state index contributed by atoms with van der Waals surface area (Å²) in [6, 6.07) is 14.9. The average Bonchev–Trinajstić information content (AvgIpc) is 4.09. The van der Waals surface area contributed by atoms with E-state index in [2.05, 4.69) is 43.4 Å². The second-order valence-corrected chi connectivity index (χ2v) is 15.8. The lowest BCUT2D eigenvalue weighted by atomic mass is 9.97. The number of carbonyl (C=O) groups is 4. The first kappa shape index (κ1) is 50.0. The molecule has 2 aliphatic heterocycles. The second-order valence-electron chi connectivity index (χ2n) is 14.4. The fraction of sp³-hybridized carbons (Fsp3) is 0.381. The number of nitriles is 2. The van der Waals surface area contributed by atoms with E-state index < -0.39 is 48.8 Å². The number of oxazole rings is 1.